The fourth-order valence-corrected chi connectivity index (χ4v) is 1.71. The second-order valence-electron chi connectivity index (χ2n) is 3.73. The zero-order chi connectivity index (χ0) is 12.0. The molecule has 1 rings (SSSR count). The number of carbonyl (C=O) groups is 1. The quantitative estimate of drug-likeness (QED) is 0.802. The van der Waals surface area contributed by atoms with Crippen LogP contribution >= 0.6 is 0 Å². The lowest BCUT2D eigenvalue weighted by Gasteiger charge is -2.21. The van der Waals surface area contributed by atoms with Gasteiger partial charge in [-0.25, -0.2) is 0 Å². The van der Waals surface area contributed by atoms with E-state index in [0.717, 1.165) is 18.7 Å². The molecule has 0 heterocycles. The lowest BCUT2D eigenvalue weighted by molar-refractivity contribution is -0.136. The van der Waals surface area contributed by atoms with Crippen molar-refractivity contribution < 1.29 is 9.90 Å². The first-order valence-corrected chi connectivity index (χ1v) is 5.73. The molecule has 16 heavy (non-hydrogen) atoms. The molecular weight excluding hydrogens is 202 g/mol. The number of aryl methyl sites for hydroxylation is 1. The van der Waals surface area contributed by atoms with Crippen LogP contribution in [0.2, 0.25) is 0 Å². The molecule has 1 aromatic rings. The van der Waals surface area contributed by atoms with Gasteiger partial charge in [-0.3, -0.25) is 4.79 Å². The molecular formula is C13H19NO2. The van der Waals surface area contributed by atoms with Gasteiger partial charge in [0.05, 0.1) is 0 Å². The molecule has 0 bridgehead atoms. The minimum atomic E-state index is -0.743. The first-order valence-electron chi connectivity index (χ1n) is 5.73. The van der Waals surface area contributed by atoms with E-state index >= 15 is 0 Å². The highest BCUT2D eigenvalue weighted by Gasteiger charge is 2.02. The molecule has 88 valence electrons. The molecule has 0 saturated carbocycles. The summed E-state index contributed by atoms with van der Waals surface area (Å²) in [5.41, 5.74) is 2.28. The molecule has 0 atom stereocenters. The van der Waals surface area contributed by atoms with Crippen LogP contribution in [0.5, 0.6) is 0 Å². The van der Waals surface area contributed by atoms with Crippen molar-refractivity contribution in [3.63, 3.8) is 0 Å². The molecule has 0 spiro atoms. The number of carboxylic acid groups (broad SMARTS) is 1. The Balaban J connectivity index is 2.63. The van der Waals surface area contributed by atoms with Crippen molar-refractivity contribution in [2.75, 3.05) is 18.0 Å². The van der Waals surface area contributed by atoms with Gasteiger partial charge in [0.25, 0.3) is 0 Å². The Labute approximate surface area is 96.7 Å². The maximum absolute atomic E-state index is 10.4. The summed E-state index contributed by atoms with van der Waals surface area (Å²) in [6, 6.07) is 8.14. The van der Waals surface area contributed by atoms with E-state index in [2.05, 4.69) is 30.9 Å². The predicted molar refractivity (Wildman–Crippen MR) is 66.0 cm³/mol. The Morgan fingerprint density at radius 1 is 1.19 bits per heavy atom. The van der Waals surface area contributed by atoms with Crippen LogP contribution in [-0.4, -0.2) is 24.2 Å². The van der Waals surface area contributed by atoms with Crippen molar-refractivity contribution in [2.45, 2.75) is 26.7 Å². The van der Waals surface area contributed by atoms with Crippen LogP contribution in [0.4, 0.5) is 5.69 Å². The number of carboxylic acids is 1. The summed E-state index contributed by atoms with van der Waals surface area (Å²) in [7, 11) is 0. The Bertz CT molecular complexity index is 328. The number of hydrogen-bond donors (Lipinski definition) is 1. The summed E-state index contributed by atoms with van der Waals surface area (Å²) < 4.78 is 0. The summed E-state index contributed by atoms with van der Waals surface area (Å²) in [6.45, 7) is 6.24. The standard InChI is InChI=1S/C13H19NO2/c1-3-14(4-2)12-8-5-11(6-9-12)7-10-13(15)16/h5-6,8-9H,3-4,7,10H2,1-2H3,(H,15,16). The van der Waals surface area contributed by atoms with Crippen molar-refractivity contribution in [2.24, 2.45) is 0 Å². The Morgan fingerprint density at radius 2 is 1.75 bits per heavy atom. The SMILES string of the molecule is CCN(CC)c1ccc(CCC(=O)O)cc1. The first-order chi connectivity index (χ1) is 7.67. The highest BCUT2D eigenvalue weighted by Crippen LogP contribution is 2.15. The topological polar surface area (TPSA) is 40.5 Å². The monoisotopic (exact) mass is 221 g/mol. The zero-order valence-electron chi connectivity index (χ0n) is 9.94. The fourth-order valence-electron chi connectivity index (χ4n) is 1.71. The third-order valence-electron chi connectivity index (χ3n) is 2.69. The Hall–Kier alpha value is -1.51. The molecule has 0 aliphatic carbocycles. The molecule has 0 saturated heterocycles. The van der Waals surface area contributed by atoms with Gasteiger partial charge in [0.15, 0.2) is 0 Å². The van der Waals surface area contributed by atoms with Gasteiger partial charge in [0.2, 0.25) is 0 Å². The van der Waals surface area contributed by atoms with E-state index in [1.807, 2.05) is 12.1 Å². The number of nitrogens with zero attached hydrogens (tertiary/aromatic N) is 1. The smallest absolute Gasteiger partial charge is 0.303 e. The summed E-state index contributed by atoms with van der Waals surface area (Å²) in [6.07, 6.45) is 0.804. The van der Waals surface area contributed by atoms with Gasteiger partial charge in [-0.15, -0.1) is 0 Å². The number of hydrogen-bond acceptors (Lipinski definition) is 2. The molecule has 0 aromatic heterocycles. The fraction of sp³-hybridized carbons (Fsp3) is 0.462. The highest BCUT2D eigenvalue weighted by molar-refractivity contribution is 5.67. The molecule has 1 N–H and O–H groups in total. The van der Waals surface area contributed by atoms with Gasteiger partial charge in [-0.1, -0.05) is 12.1 Å². The minimum absolute atomic E-state index is 0.199. The first kappa shape index (κ1) is 12.6. The summed E-state index contributed by atoms with van der Waals surface area (Å²) in [5, 5.41) is 8.59. The second-order valence-corrected chi connectivity index (χ2v) is 3.73. The van der Waals surface area contributed by atoms with E-state index in [1.165, 1.54) is 5.69 Å². The van der Waals surface area contributed by atoms with Crippen LogP contribution in [0.1, 0.15) is 25.8 Å². The van der Waals surface area contributed by atoms with E-state index in [1.54, 1.807) is 0 Å². The molecule has 0 aliphatic heterocycles. The van der Waals surface area contributed by atoms with Gasteiger partial charge in [-0.05, 0) is 38.0 Å². The number of aliphatic carboxylic acids is 1. The van der Waals surface area contributed by atoms with Crippen molar-refractivity contribution in [1.29, 1.82) is 0 Å². The maximum Gasteiger partial charge on any atom is 0.303 e. The molecule has 3 nitrogen and oxygen atoms in total. The van der Waals surface area contributed by atoms with Crippen LogP contribution in [-0.2, 0) is 11.2 Å². The third kappa shape index (κ3) is 3.57. The van der Waals surface area contributed by atoms with Crippen LogP contribution in [0.3, 0.4) is 0 Å². The average Bonchev–Trinajstić information content (AvgIpc) is 2.29. The van der Waals surface area contributed by atoms with Crippen LogP contribution in [0, 0.1) is 0 Å². The van der Waals surface area contributed by atoms with Gasteiger partial charge in [0.1, 0.15) is 0 Å². The van der Waals surface area contributed by atoms with E-state index in [4.69, 9.17) is 5.11 Å². The Morgan fingerprint density at radius 3 is 2.19 bits per heavy atom. The number of anilines is 1. The normalized spacial score (nSPS) is 10.1. The van der Waals surface area contributed by atoms with Crippen molar-refractivity contribution in [1.82, 2.24) is 0 Å². The van der Waals surface area contributed by atoms with Gasteiger partial charge in [-0.2, -0.15) is 0 Å². The molecule has 3 heteroatoms. The lowest BCUT2D eigenvalue weighted by atomic mass is 10.1. The minimum Gasteiger partial charge on any atom is -0.481 e. The third-order valence-corrected chi connectivity index (χ3v) is 2.69. The molecule has 0 fully saturated rings. The van der Waals surface area contributed by atoms with Crippen molar-refractivity contribution in [3.05, 3.63) is 29.8 Å². The molecule has 0 unspecified atom stereocenters. The largest absolute Gasteiger partial charge is 0.481 e. The predicted octanol–water partition coefficient (Wildman–Crippen LogP) is 2.55. The Kier molecular flexibility index (Phi) is 4.83. The van der Waals surface area contributed by atoms with Crippen LogP contribution in [0.15, 0.2) is 24.3 Å². The van der Waals surface area contributed by atoms with Gasteiger partial charge >= 0.3 is 5.97 Å². The van der Waals surface area contributed by atoms with E-state index in [0.29, 0.717) is 6.42 Å². The summed E-state index contributed by atoms with van der Waals surface area (Å²) in [5.74, 6) is -0.743. The average molecular weight is 221 g/mol. The molecule has 1 aromatic carbocycles. The molecule has 0 radical (unpaired) electrons. The van der Waals surface area contributed by atoms with Crippen LogP contribution < -0.4 is 4.90 Å². The molecule has 0 amide bonds. The van der Waals surface area contributed by atoms with Gasteiger partial charge in [0, 0.05) is 25.2 Å². The van der Waals surface area contributed by atoms with Crippen molar-refractivity contribution >= 4 is 11.7 Å². The maximum atomic E-state index is 10.4. The van der Waals surface area contributed by atoms with Crippen molar-refractivity contribution in [3.8, 4) is 0 Å². The van der Waals surface area contributed by atoms with E-state index < -0.39 is 5.97 Å². The highest BCUT2D eigenvalue weighted by atomic mass is 16.4. The van der Waals surface area contributed by atoms with E-state index in [-0.39, 0.29) is 6.42 Å². The summed E-state index contributed by atoms with van der Waals surface area (Å²) >= 11 is 0. The number of rotatable bonds is 6. The summed E-state index contributed by atoms with van der Waals surface area (Å²) in [4.78, 5) is 12.7. The number of benzene rings is 1. The lowest BCUT2D eigenvalue weighted by Crippen LogP contribution is -2.21. The zero-order valence-corrected chi connectivity index (χ0v) is 9.94. The molecule has 0 aliphatic rings. The van der Waals surface area contributed by atoms with Crippen LogP contribution in [0.25, 0.3) is 0 Å². The second kappa shape index (κ2) is 6.16. The van der Waals surface area contributed by atoms with Gasteiger partial charge < -0.3 is 10.0 Å². The van der Waals surface area contributed by atoms with E-state index in [9.17, 15) is 4.79 Å².